The van der Waals surface area contributed by atoms with Crippen molar-refractivity contribution in [1.29, 1.82) is 0 Å². The van der Waals surface area contributed by atoms with Crippen molar-refractivity contribution in [3.05, 3.63) is 69.8 Å². The van der Waals surface area contributed by atoms with Gasteiger partial charge in [0.1, 0.15) is 5.82 Å². The molecule has 3 rings (SSSR count). The summed E-state index contributed by atoms with van der Waals surface area (Å²) in [6.45, 7) is 0.342. The van der Waals surface area contributed by atoms with Crippen LogP contribution in [-0.4, -0.2) is 5.91 Å². The van der Waals surface area contributed by atoms with Gasteiger partial charge in [-0.25, -0.2) is 4.39 Å². The average Bonchev–Trinajstić information content (AvgIpc) is 2.92. The third kappa shape index (κ3) is 2.91. The molecule has 0 atom stereocenters. The van der Waals surface area contributed by atoms with Crippen molar-refractivity contribution in [1.82, 2.24) is 5.32 Å². The van der Waals surface area contributed by atoms with Crippen LogP contribution in [0.25, 0.3) is 10.1 Å². The molecule has 1 amide bonds. The molecule has 2 aromatic carbocycles. The molecule has 1 heterocycles. The van der Waals surface area contributed by atoms with E-state index < -0.39 is 0 Å². The summed E-state index contributed by atoms with van der Waals surface area (Å²) < 4.78 is 14.4. The van der Waals surface area contributed by atoms with Crippen LogP contribution >= 0.6 is 22.9 Å². The summed E-state index contributed by atoms with van der Waals surface area (Å²) in [6.07, 6.45) is 0. The molecular weight excluding hydrogens is 309 g/mol. The largest absolute Gasteiger partial charge is 0.347 e. The van der Waals surface area contributed by atoms with Crippen LogP contribution in [0.15, 0.2) is 48.5 Å². The monoisotopic (exact) mass is 319 g/mol. The Morgan fingerprint density at radius 1 is 1.19 bits per heavy atom. The standard InChI is InChI=1S/C16H11ClFNOS/c17-12-5-2-1-4-10(12)9-19-16(20)15-8-11-13(18)6-3-7-14(11)21-15/h1-8H,9H2,(H,19,20). The van der Waals surface area contributed by atoms with Gasteiger partial charge >= 0.3 is 0 Å². The van der Waals surface area contributed by atoms with Gasteiger partial charge in [0.15, 0.2) is 0 Å². The normalized spacial score (nSPS) is 10.8. The number of thiophene rings is 1. The van der Waals surface area contributed by atoms with E-state index >= 15 is 0 Å². The molecule has 0 radical (unpaired) electrons. The van der Waals surface area contributed by atoms with E-state index in [1.54, 1.807) is 24.3 Å². The maximum absolute atomic E-state index is 13.6. The Kier molecular flexibility index (Phi) is 3.90. The highest BCUT2D eigenvalue weighted by Crippen LogP contribution is 2.27. The molecule has 0 bridgehead atoms. The molecule has 0 fully saturated rings. The van der Waals surface area contributed by atoms with Crippen LogP contribution in [-0.2, 0) is 6.54 Å². The number of fused-ring (bicyclic) bond motifs is 1. The van der Waals surface area contributed by atoms with E-state index in [1.807, 2.05) is 18.2 Å². The van der Waals surface area contributed by atoms with E-state index in [0.29, 0.717) is 21.8 Å². The molecule has 0 spiro atoms. The number of nitrogens with one attached hydrogen (secondary N) is 1. The molecule has 0 unspecified atom stereocenters. The lowest BCUT2D eigenvalue weighted by Gasteiger charge is -2.05. The van der Waals surface area contributed by atoms with Gasteiger partial charge < -0.3 is 5.32 Å². The minimum atomic E-state index is -0.311. The predicted molar refractivity (Wildman–Crippen MR) is 84.4 cm³/mol. The number of benzene rings is 2. The first kappa shape index (κ1) is 14.0. The quantitative estimate of drug-likeness (QED) is 0.749. The van der Waals surface area contributed by atoms with Crippen molar-refractivity contribution in [2.75, 3.05) is 0 Å². The molecule has 106 valence electrons. The van der Waals surface area contributed by atoms with Crippen LogP contribution < -0.4 is 5.32 Å². The van der Waals surface area contributed by atoms with Gasteiger partial charge in [-0.1, -0.05) is 35.9 Å². The first-order valence-corrected chi connectivity index (χ1v) is 7.54. The van der Waals surface area contributed by atoms with Crippen molar-refractivity contribution in [2.45, 2.75) is 6.54 Å². The van der Waals surface area contributed by atoms with Crippen LogP contribution in [0.1, 0.15) is 15.2 Å². The third-order valence-electron chi connectivity index (χ3n) is 3.13. The van der Waals surface area contributed by atoms with Gasteiger partial charge in [0.25, 0.3) is 5.91 Å². The van der Waals surface area contributed by atoms with Gasteiger partial charge in [0.2, 0.25) is 0 Å². The highest BCUT2D eigenvalue weighted by atomic mass is 35.5. The van der Waals surface area contributed by atoms with Gasteiger partial charge in [0.05, 0.1) is 4.88 Å². The second kappa shape index (κ2) is 5.84. The molecule has 0 aliphatic heterocycles. The topological polar surface area (TPSA) is 29.1 Å². The summed E-state index contributed by atoms with van der Waals surface area (Å²) in [7, 11) is 0. The zero-order chi connectivity index (χ0) is 14.8. The van der Waals surface area contributed by atoms with Crippen LogP contribution in [0.3, 0.4) is 0 Å². The molecule has 2 nitrogen and oxygen atoms in total. The fourth-order valence-electron chi connectivity index (χ4n) is 2.04. The summed E-state index contributed by atoms with van der Waals surface area (Å²) in [5, 5.41) is 3.89. The fraction of sp³-hybridized carbons (Fsp3) is 0.0625. The van der Waals surface area contributed by atoms with Crippen LogP contribution in [0.5, 0.6) is 0 Å². The number of halogens is 2. The van der Waals surface area contributed by atoms with E-state index in [-0.39, 0.29) is 11.7 Å². The predicted octanol–water partition coefficient (Wildman–Crippen LogP) is 4.62. The Morgan fingerprint density at radius 2 is 2.00 bits per heavy atom. The Hall–Kier alpha value is -1.91. The summed E-state index contributed by atoms with van der Waals surface area (Å²) in [4.78, 5) is 12.6. The Bertz CT molecular complexity index is 815. The molecule has 0 aliphatic rings. The number of rotatable bonds is 3. The smallest absolute Gasteiger partial charge is 0.261 e. The van der Waals surface area contributed by atoms with Crippen LogP contribution in [0.4, 0.5) is 4.39 Å². The fourth-order valence-corrected chi connectivity index (χ4v) is 3.24. The van der Waals surface area contributed by atoms with Gasteiger partial charge in [-0.2, -0.15) is 0 Å². The molecule has 5 heteroatoms. The highest BCUT2D eigenvalue weighted by Gasteiger charge is 2.12. The van der Waals surface area contributed by atoms with Gasteiger partial charge in [-0.15, -0.1) is 11.3 Å². The third-order valence-corrected chi connectivity index (χ3v) is 4.60. The lowest BCUT2D eigenvalue weighted by Crippen LogP contribution is -2.21. The molecule has 21 heavy (non-hydrogen) atoms. The highest BCUT2D eigenvalue weighted by molar-refractivity contribution is 7.20. The van der Waals surface area contributed by atoms with E-state index in [1.165, 1.54) is 17.4 Å². The minimum absolute atomic E-state index is 0.226. The van der Waals surface area contributed by atoms with Gasteiger partial charge in [-0.05, 0) is 29.8 Å². The first-order chi connectivity index (χ1) is 10.1. The zero-order valence-electron chi connectivity index (χ0n) is 10.9. The molecular formula is C16H11ClFNOS. The van der Waals surface area contributed by atoms with Crippen LogP contribution in [0, 0.1) is 5.82 Å². The number of carbonyl (C=O) groups is 1. The maximum atomic E-state index is 13.6. The van der Waals surface area contributed by atoms with Crippen molar-refractivity contribution >= 4 is 38.9 Å². The summed E-state index contributed by atoms with van der Waals surface area (Å²) in [5.74, 6) is -0.538. The number of carbonyl (C=O) groups excluding carboxylic acids is 1. The van der Waals surface area contributed by atoms with E-state index in [9.17, 15) is 9.18 Å². The molecule has 3 aromatic rings. The average molecular weight is 320 g/mol. The van der Waals surface area contributed by atoms with Crippen molar-refractivity contribution in [3.63, 3.8) is 0 Å². The van der Waals surface area contributed by atoms with Gasteiger partial charge in [0, 0.05) is 21.7 Å². The first-order valence-electron chi connectivity index (χ1n) is 6.35. The Labute approximate surface area is 130 Å². The molecule has 0 saturated carbocycles. The minimum Gasteiger partial charge on any atom is -0.347 e. The Morgan fingerprint density at radius 3 is 2.76 bits per heavy atom. The van der Waals surface area contributed by atoms with Gasteiger partial charge in [-0.3, -0.25) is 4.79 Å². The maximum Gasteiger partial charge on any atom is 0.261 e. The van der Waals surface area contributed by atoms with E-state index in [4.69, 9.17) is 11.6 Å². The van der Waals surface area contributed by atoms with E-state index in [0.717, 1.165) is 10.3 Å². The van der Waals surface area contributed by atoms with Crippen molar-refractivity contribution in [2.24, 2.45) is 0 Å². The second-order valence-corrected chi connectivity index (χ2v) is 6.03. The lowest BCUT2D eigenvalue weighted by molar-refractivity contribution is 0.0955. The van der Waals surface area contributed by atoms with Crippen molar-refractivity contribution in [3.8, 4) is 0 Å². The number of hydrogen-bond donors (Lipinski definition) is 1. The Balaban J connectivity index is 1.78. The van der Waals surface area contributed by atoms with Crippen molar-refractivity contribution < 1.29 is 9.18 Å². The second-order valence-electron chi connectivity index (χ2n) is 4.54. The number of amides is 1. The zero-order valence-corrected chi connectivity index (χ0v) is 12.5. The molecule has 1 N–H and O–H groups in total. The number of hydrogen-bond acceptors (Lipinski definition) is 2. The molecule has 0 saturated heterocycles. The lowest BCUT2D eigenvalue weighted by atomic mass is 10.2. The molecule has 1 aromatic heterocycles. The molecule has 0 aliphatic carbocycles. The van der Waals surface area contributed by atoms with Crippen LogP contribution in [0.2, 0.25) is 5.02 Å². The summed E-state index contributed by atoms with van der Waals surface area (Å²) in [6, 6.07) is 13.7. The van der Waals surface area contributed by atoms with E-state index in [2.05, 4.69) is 5.32 Å². The SMILES string of the molecule is O=C(NCc1ccccc1Cl)c1cc2c(F)cccc2s1. The summed E-state index contributed by atoms with van der Waals surface area (Å²) >= 11 is 7.31. The summed E-state index contributed by atoms with van der Waals surface area (Å²) in [5.41, 5.74) is 0.847.